The molecule has 4 heteroatoms. The van der Waals surface area contributed by atoms with Gasteiger partial charge >= 0.3 is 0 Å². The Bertz CT molecular complexity index is 576. The Labute approximate surface area is 133 Å². The zero-order chi connectivity index (χ0) is 15.8. The Morgan fingerprint density at radius 3 is 2.32 bits per heavy atom. The Kier molecular flexibility index (Phi) is 6.44. The summed E-state index contributed by atoms with van der Waals surface area (Å²) in [6.07, 6.45) is 10.4. The van der Waals surface area contributed by atoms with Gasteiger partial charge in [0.25, 0.3) is 0 Å². The van der Waals surface area contributed by atoms with E-state index in [2.05, 4.69) is 28.7 Å². The highest BCUT2D eigenvalue weighted by molar-refractivity contribution is 5.89. The molecule has 0 spiro atoms. The molecule has 2 rings (SSSR count). The van der Waals surface area contributed by atoms with Crippen molar-refractivity contribution in [1.29, 1.82) is 0 Å². The van der Waals surface area contributed by atoms with E-state index in [1.54, 1.807) is 6.20 Å². The molecule has 0 unspecified atom stereocenters. The van der Waals surface area contributed by atoms with E-state index in [-0.39, 0.29) is 5.75 Å². The van der Waals surface area contributed by atoms with E-state index in [1.807, 2.05) is 12.1 Å². The second-order valence-corrected chi connectivity index (χ2v) is 5.80. The quantitative estimate of drug-likeness (QED) is 0.692. The van der Waals surface area contributed by atoms with Crippen LogP contribution in [0.2, 0.25) is 0 Å². The third-order valence-electron chi connectivity index (χ3n) is 4.03. The fraction of sp³-hybridized carbons (Fsp3) is 0.556. The number of hydrogen-bond acceptors (Lipinski definition) is 4. The van der Waals surface area contributed by atoms with Crippen LogP contribution < -0.4 is 4.90 Å². The monoisotopic (exact) mass is 301 g/mol. The first-order valence-electron chi connectivity index (χ1n) is 8.44. The molecular weight excluding hydrogens is 274 g/mol. The minimum absolute atomic E-state index is 0.285. The number of phenolic OH excluding ortho intramolecular Hbond substituents is 1. The van der Waals surface area contributed by atoms with E-state index < -0.39 is 0 Å². The minimum Gasteiger partial charge on any atom is -0.504 e. The van der Waals surface area contributed by atoms with E-state index >= 15 is 0 Å². The summed E-state index contributed by atoms with van der Waals surface area (Å²) in [4.78, 5) is 10.6. The summed E-state index contributed by atoms with van der Waals surface area (Å²) in [6.45, 7) is 6.40. The third-order valence-corrected chi connectivity index (χ3v) is 4.03. The molecule has 0 radical (unpaired) electrons. The van der Waals surface area contributed by atoms with Gasteiger partial charge in [-0.05, 0) is 25.0 Å². The number of nitrogens with zero attached hydrogens (tertiary/aromatic N) is 3. The third kappa shape index (κ3) is 4.09. The fourth-order valence-electron chi connectivity index (χ4n) is 2.74. The molecule has 0 atom stereocenters. The largest absolute Gasteiger partial charge is 0.504 e. The summed E-state index contributed by atoms with van der Waals surface area (Å²) in [5.74, 6) is 0.285. The van der Waals surface area contributed by atoms with Gasteiger partial charge in [0, 0.05) is 24.7 Å². The number of rotatable bonds is 9. The summed E-state index contributed by atoms with van der Waals surface area (Å²) in [7, 11) is 0. The van der Waals surface area contributed by atoms with Crippen LogP contribution in [0.5, 0.6) is 5.75 Å². The SMILES string of the molecule is CCCCCN(CCCCC)c1ccc2cncnc2c1O. The lowest BCUT2D eigenvalue weighted by Crippen LogP contribution is -2.25. The van der Waals surface area contributed by atoms with Gasteiger partial charge in [0.2, 0.25) is 0 Å². The molecule has 1 N–H and O–H groups in total. The highest BCUT2D eigenvalue weighted by atomic mass is 16.3. The average molecular weight is 301 g/mol. The molecule has 0 saturated carbocycles. The topological polar surface area (TPSA) is 49.2 Å². The Balaban J connectivity index is 2.22. The minimum atomic E-state index is 0.285. The molecule has 0 aliphatic rings. The van der Waals surface area contributed by atoms with Crippen molar-refractivity contribution < 1.29 is 5.11 Å². The standard InChI is InChI=1S/C18H27N3O/c1-3-5-7-11-21(12-8-6-4-2)16-10-9-15-13-19-14-20-17(15)18(16)22/h9-10,13-14,22H,3-8,11-12H2,1-2H3. The number of phenols is 1. The zero-order valence-corrected chi connectivity index (χ0v) is 13.8. The molecule has 0 amide bonds. The lowest BCUT2D eigenvalue weighted by Gasteiger charge is -2.26. The van der Waals surface area contributed by atoms with Crippen molar-refractivity contribution in [3.05, 3.63) is 24.7 Å². The predicted octanol–water partition coefficient (Wildman–Crippen LogP) is 4.52. The molecule has 1 heterocycles. The predicted molar refractivity (Wildman–Crippen MR) is 92.5 cm³/mol. The van der Waals surface area contributed by atoms with Gasteiger partial charge in [-0.1, -0.05) is 39.5 Å². The molecular formula is C18H27N3O. The van der Waals surface area contributed by atoms with Gasteiger partial charge < -0.3 is 10.0 Å². The number of aromatic nitrogens is 2. The molecule has 120 valence electrons. The van der Waals surface area contributed by atoms with Crippen LogP contribution in [-0.4, -0.2) is 28.2 Å². The first-order valence-corrected chi connectivity index (χ1v) is 8.44. The van der Waals surface area contributed by atoms with Gasteiger partial charge in [-0.2, -0.15) is 0 Å². The van der Waals surface area contributed by atoms with Crippen LogP contribution in [0.25, 0.3) is 10.9 Å². The second-order valence-electron chi connectivity index (χ2n) is 5.80. The molecule has 0 saturated heterocycles. The number of anilines is 1. The van der Waals surface area contributed by atoms with Crippen molar-refractivity contribution in [3.8, 4) is 5.75 Å². The Morgan fingerprint density at radius 1 is 1.00 bits per heavy atom. The van der Waals surface area contributed by atoms with Crippen molar-refractivity contribution in [2.24, 2.45) is 0 Å². The smallest absolute Gasteiger partial charge is 0.165 e. The summed E-state index contributed by atoms with van der Waals surface area (Å²) in [6, 6.07) is 4.00. The van der Waals surface area contributed by atoms with Crippen LogP contribution in [0.3, 0.4) is 0 Å². The van der Waals surface area contributed by atoms with Crippen LogP contribution in [0.15, 0.2) is 24.7 Å². The van der Waals surface area contributed by atoms with Crippen LogP contribution >= 0.6 is 0 Å². The van der Waals surface area contributed by atoms with Crippen molar-refractivity contribution in [2.75, 3.05) is 18.0 Å². The van der Waals surface area contributed by atoms with Gasteiger partial charge in [-0.25, -0.2) is 9.97 Å². The summed E-state index contributed by atoms with van der Waals surface area (Å²) in [5.41, 5.74) is 1.54. The van der Waals surface area contributed by atoms with E-state index in [4.69, 9.17) is 0 Å². The maximum absolute atomic E-state index is 10.6. The molecule has 1 aromatic carbocycles. The number of aromatic hydroxyl groups is 1. The Morgan fingerprint density at radius 2 is 1.68 bits per heavy atom. The lowest BCUT2D eigenvalue weighted by atomic mass is 10.1. The van der Waals surface area contributed by atoms with Crippen LogP contribution in [0.1, 0.15) is 52.4 Å². The highest BCUT2D eigenvalue weighted by Crippen LogP contribution is 2.34. The van der Waals surface area contributed by atoms with Crippen molar-refractivity contribution >= 4 is 16.6 Å². The maximum atomic E-state index is 10.6. The molecule has 1 aromatic heterocycles. The molecule has 4 nitrogen and oxygen atoms in total. The van der Waals surface area contributed by atoms with Gasteiger partial charge in [0.15, 0.2) is 5.75 Å². The van der Waals surface area contributed by atoms with Crippen LogP contribution in [0.4, 0.5) is 5.69 Å². The number of fused-ring (bicyclic) bond motifs is 1. The van der Waals surface area contributed by atoms with Gasteiger partial charge in [-0.3, -0.25) is 0 Å². The van der Waals surface area contributed by atoms with E-state index in [0.717, 1.165) is 37.0 Å². The molecule has 0 aliphatic carbocycles. The Hall–Kier alpha value is -1.84. The molecule has 0 fully saturated rings. The van der Waals surface area contributed by atoms with Gasteiger partial charge in [0.05, 0.1) is 5.69 Å². The lowest BCUT2D eigenvalue weighted by molar-refractivity contribution is 0.477. The number of unbranched alkanes of at least 4 members (excludes halogenated alkanes) is 4. The van der Waals surface area contributed by atoms with Crippen LogP contribution in [0, 0.1) is 0 Å². The first-order chi connectivity index (χ1) is 10.8. The molecule has 22 heavy (non-hydrogen) atoms. The van der Waals surface area contributed by atoms with Crippen LogP contribution in [-0.2, 0) is 0 Å². The number of hydrogen-bond donors (Lipinski definition) is 1. The van der Waals surface area contributed by atoms with Crippen molar-refractivity contribution in [3.63, 3.8) is 0 Å². The highest BCUT2D eigenvalue weighted by Gasteiger charge is 2.14. The molecule has 0 aliphatic heterocycles. The van der Waals surface area contributed by atoms with Crippen molar-refractivity contribution in [1.82, 2.24) is 9.97 Å². The first kappa shape index (κ1) is 16.5. The maximum Gasteiger partial charge on any atom is 0.165 e. The number of benzene rings is 1. The molecule has 2 aromatic rings. The average Bonchev–Trinajstić information content (AvgIpc) is 2.55. The normalized spacial score (nSPS) is 11.0. The van der Waals surface area contributed by atoms with E-state index in [1.165, 1.54) is 32.0 Å². The van der Waals surface area contributed by atoms with E-state index in [9.17, 15) is 5.11 Å². The summed E-state index contributed by atoms with van der Waals surface area (Å²) in [5, 5.41) is 11.5. The summed E-state index contributed by atoms with van der Waals surface area (Å²) < 4.78 is 0. The van der Waals surface area contributed by atoms with E-state index in [0.29, 0.717) is 5.52 Å². The fourth-order valence-corrected chi connectivity index (χ4v) is 2.74. The van der Waals surface area contributed by atoms with Gasteiger partial charge in [0.1, 0.15) is 11.8 Å². The van der Waals surface area contributed by atoms with Gasteiger partial charge in [-0.15, -0.1) is 0 Å². The summed E-state index contributed by atoms with van der Waals surface area (Å²) >= 11 is 0. The second kappa shape index (κ2) is 8.57. The van der Waals surface area contributed by atoms with Crippen molar-refractivity contribution in [2.45, 2.75) is 52.4 Å². The molecule has 0 bridgehead atoms. The zero-order valence-electron chi connectivity index (χ0n) is 13.8.